The van der Waals surface area contributed by atoms with Crippen molar-refractivity contribution >= 4 is 11.7 Å². The van der Waals surface area contributed by atoms with Crippen molar-refractivity contribution in [3.8, 4) is 0 Å². The van der Waals surface area contributed by atoms with Crippen molar-refractivity contribution in [2.24, 2.45) is 28.1 Å². The third-order valence-corrected chi connectivity index (χ3v) is 1.41. The smallest absolute Gasteiger partial charge is 0.185 e. The predicted octanol–water partition coefficient (Wildman–Crippen LogP) is -1.19. The molecular formula is C7H16N4O. The fourth-order valence-corrected chi connectivity index (χ4v) is 0.722. The van der Waals surface area contributed by atoms with Crippen molar-refractivity contribution in [3.05, 3.63) is 0 Å². The molecule has 0 heterocycles. The third-order valence-electron chi connectivity index (χ3n) is 1.41. The molecule has 12 heavy (non-hydrogen) atoms. The van der Waals surface area contributed by atoms with Gasteiger partial charge in [0.2, 0.25) is 0 Å². The Balaban J connectivity index is 3.96. The van der Waals surface area contributed by atoms with Gasteiger partial charge in [-0.25, -0.2) is 0 Å². The second-order valence-corrected chi connectivity index (χ2v) is 2.93. The van der Waals surface area contributed by atoms with Crippen LogP contribution >= 0.6 is 0 Å². The lowest BCUT2D eigenvalue weighted by atomic mass is 10.0. The molecule has 0 aliphatic rings. The van der Waals surface area contributed by atoms with E-state index in [1.54, 1.807) is 13.8 Å². The summed E-state index contributed by atoms with van der Waals surface area (Å²) in [5, 5.41) is 0. The minimum atomic E-state index is -0.591. The Morgan fingerprint density at radius 3 is 2.25 bits per heavy atom. The number of nitrogens with two attached hydrogens (primary N) is 3. The van der Waals surface area contributed by atoms with Crippen LogP contribution in [0.15, 0.2) is 4.99 Å². The number of hydrogen-bond acceptors (Lipinski definition) is 3. The Morgan fingerprint density at radius 2 is 1.92 bits per heavy atom. The lowest BCUT2D eigenvalue weighted by molar-refractivity contribution is -0.122. The minimum absolute atomic E-state index is 0.0278. The highest BCUT2D eigenvalue weighted by Crippen LogP contribution is 1.97. The summed E-state index contributed by atoms with van der Waals surface area (Å²) in [4.78, 5) is 14.8. The van der Waals surface area contributed by atoms with Gasteiger partial charge < -0.3 is 17.2 Å². The number of hydrogen-bond donors (Lipinski definition) is 3. The summed E-state index contributed by atoms with van der Waals surface area (Å²) in [6.07, 6.45) is 0. The Bertz CT molecular complexity index is 184. The summed E-state index contributed by atoms with van der Waals surface area (Å²) < 4.78 is 0. The van der Waals surface area contributed by atoms with Crippen LogP contribution in [0.1, 0.15) is 13.8 Å². The molecule has 0 aromatic carbocycles. The number of rotatable bonds is 4. The zero-order valence-corrected chi connectivity index (χ0v) is 7.45. The lowest BCUT2D eigenvalue weighted by Gasteiger charge is -2.09. The molecular weight excluding hydrogens is 156 g/mol. The zero-order chi connectivity index (χ0) is 9.72. The number of carbonyl (C=O) groups is 1. The number of ketones is 1. The monoisotopic (exact) mass is 172 g/mol. The fourth-order valence-electron chi connectivity index (χ4n) is 0.722. The lowest BCUT2D eigenvalue weighted by Crippen LogP contribution is -2.37. The normalized spacial score (nSPS) is 12.7. The molecule has 0 aliphatic heterocycles. The van der Waals surface area contributed by atoms with Crippen LogP contribution in [0.4, 0.5) is 0 Å². The number of carbonyl (C=O) groups excluding carboxylic acids is 1. The van der Waals surface area contributed by atoms with E-state index in [-0.39, 0.29) is 24.2 Å². The molecule has 5 heteroatoms. The Hall–Kier alpha value is -1.10. The molecule has 0 saturated carbocycles. The summed E-state index contributed by atoms with van der Waals surface area (Å²) in [6, 6.07) is -0.591. The van der Waals surface area contributed by atoms with Gasteiger partial charge in [-0.2, -0.15) is 0 Å². The first-order valence-corrected chi connectivity index (χ1v) is 3.79. The largest absolute Gasteiger partial charge is 0.370 e. The Labute approximate surface area is 72.0 Å². The van der Waals surface area contributed by atoms with E-state index < -0.39 is 6.04 Å². The molecule has 0 bridgehead atoms. The van der Waals surface area contributed by atoms with Crippen molar-refractivity contribution in [1.29, 1.82) is 0 Å². The standard InChI is InChI=1S/C7H16N4O/c1-4(2)6(12)5(8)3-11-7(9)10/h4-5H,3,8H2,1-2H3,(H4,9,10,11). The van der Waals surface area contributed by atoms with E-state index in [9.17, 15) is 4.79 Å². The van der Waals surface area contributed by atoms with E-state index >= 15 is 0 Å². The molecule has 0 aromatic heterocycles. The molecule has 0 amide bonds. The Kier molecular flexibility index (Phi) is 4.28. The highest BCUT2D eigenvalue weighted by Gasteiger charge is 2.15. The highest BCUT2D eigenvalue weighted by atomic mass is 16.1. The van der Waals surface area contributed by atoms with Gasteiger partial charge in [-0.1, -0.05) is 13.8 Å². The second kappa shape index (κ2) is 4.71. The van der Waals surface area contributed by atoms with Gasteiger partial charge in [0.05, 0.1) is 12.6 Å². The maximum Gasteiger partial charge on any atom is 0.185 e. The number of aliphatic imine (C=N–C) groups is 1. The van der Waals surface area contributed by atoms with Crippen LogP contribution < -0.4 is 17.2 Å². The maximum absolute atomic E-state index is 11.2. The van der Waals surface area contributed by atoms with E-state index in [0.29, 0.717) is 0 Å². The summed E-state index contributed by atoms with van der Waals surface area (Å²) in [6.45, 7) is 3.74. The van der Waals surface area contributed by atoms with Crippen molar-refractivity contribution < 1.29 is 4.79 Å². The summed E-state index contributed by atoms with van der Waals surface area (Å²) in [7, 11) is 0. The van der Waals surface area contributed by atoms with Crippen LogP contribution in [-0.2, 0) is 4.79 Å². The van der Waals surface area contributed by atoms with Gasteiger partial charge in [0, 0.05) is 5.92 Å². The van der Waals surface area contributed by atoms with E-state index in [2.05, 4.69) is 4.99 Å². The first kappa shape index (κ1) is 10.9. The zero-order valence-electron chi connectivity index (χ0n) is 7.45. The second-order valence-electron chi connectivity index (χ2n) is 2.93. The minimum Gasteiger partial charge on any atom is -0.370 e. The van der Waals surface area contributed by atoms with Gasteiger partial charge >= 0.3 is 0 Å². The van der Waals surface area contributed by atoms with Crippen molar-refractivity contribution in [1.82, 2.24) is 0 Å². The number of nitrogens with zero attached hydrogens (tertiary/aromatic N) is 1. The molecule has 0 radical (unpaired) electrons. The van der Waals surface area contributed by atoms with Crippen molar-refractivity contribution in [2.75, 3.05) is 6.54 Å². The molecule has 0 fully saturated rings. The predicted molar refractivity (Wildman–Crippen MR) is 48.5 cm³/mol. The average Bonchev–Trinajstić information content (AvgIpc) is 1.98. The van der Waals surface area contributed by atoms with Crippen LogP contribution in [0.3, 0.4) is 0 Å². The molecule has 5 nitrogen and oxygen atoms in total. The summed E-state index contributed by atoms with van der Waals surface area (Å²) in [5.41, 5.74) is 15.7. The SMILES string of the molecule is CC(C)C(=O)C(N)CN=C(N)N. The van der Waals surface area contributed by atoms with Crippen LogP contribution in [0.25, 0.3) is 0 Å². The van der Waals surface area contributed by atoms with Crippen molar-refractivity contribution in [2.45, 2.75) is 19.9 Å². The fraction of sp³-hybridized carbons (Fsp3) is 0.714. The van der Waals surface area contributed by atoms with Crippen LogP contribution in [0.5, 0.6) is 0 Å². The molecule has 0 spiro atoms. The maximum atomic E-state index is 11.2. The molecule has 6 N–H and O–H groups in total. The van der Waals surface area contributed by atoms with Gasteiger partial charge in [-0.15, -0.1) is 0 Å². The van der Waals surface area contributed by atoms with Gasteiger partial charge in [0.25, 0.3) is 0 Å². The third kappa shape index (κ3) is 3.92. The van der Waals surface area contributed by atoms with E-state index in [1.165, 1.54) is 0 Å². The molecule has 0 aliphatic carbocycles. The van der Waals surface area contributed by atoms with E-state index in [1.807, 2.05) is 0 Å². The first-order chi connectivity index (χ1) is 5.45. The quantitative estimate of drug-likeness (QED) is 0.366. The number of guanidine groups is 1. The molecule has 70 valence electrons. The van der Waals surface area contributed by atoms with Gasteiger partial charge in [-0.3, -0.25) is 9.79 Å². The molecule has 1 atom stereocenters. The topological polar surface area (TPSA) is 107 Å². The molecule has 0 rings (SSSR count). The van der Waals surface area contributed by atoms with Gasteiger partial charge in [-0.05, 0) is 0 Å². The first-order valence-electron chi connectivity index (χ1n) is 3.79. The summed E-state index contributed by atoms with van der Waals surface area (Å²) >= 11 is 0. The van der Waals surface area contributed by atoms with Gasteiger partial charge in [0.15, 0.2) is 11.7 Å². The molecule has 0 aromatic rings. The van der Waals surface area contributed by atoms with Crippen LogP contribution in [0.2, 0.25) is 0 Å². The van der Waals surface area contributed by atoms with Crippen molar-refractivity contribution in [3.63, 3.8) is 0 Å². The van der Waals surface area contributed by atoms with E-state index in [4.69, 9.17) is 17.2 Å². The van der Waals surface area contributed by atoms with Gasteiger partial charge in [0.1, 0.15) is 0 Å². The Morgan fingerprint density at radius 1 is 1.42 bits per heavy atom. The summed E-state index contributed by atoms with van der Waals surface area (Å²) in [5.74, 6) is -0.142. The molecule has 1 unspecified atom stereocenters. The molecule has 0 saturated heterocycles. The number of Topliss-reactive ketones (excluding diaryl/α,β-unsaturated/α-hetero) is 1. The average molecular weight is 172 g/mol. The van der Waals surface area contributed by atoms with Crippen LogP contribution in [0, 0.1) is 5.92 Å². The van der Waals surface area contributed by atoms with Crippen LogP contribution in [-0.4, -0.2) is 24.3 Å². The highest BCUT2D eigenvalue weighted by molar-refractivity contribution is 5.86. The van der Waals surface area contributed by atoms with E-state index in [0.717, 1.165) is 0 Å².